The van der Waals surface area contributed by atoms with Crippen LogP contribution in [0.1, 0.15) is 49.8 Å². The van der Waals surface area contributed by atoms with E-state index in [1.54, 1.807) is 28.0 Å². The minimum Gasteiger partial charge on any atom is -0.368 e. The Morgan fingerprint density at radius 3 is 1.89 bits per heavy atom. The maximum absolute atomic E-state index is 14.6. The quantitative estimate of drug-likeness (QED) is 0.292. The molecule has 0 aliphatic carbocycles. The fraction of sp³-hybridized carbons (Fsp3) is 0.400. The van der Waals surface area contributed by atoms with Crippen LogP contribution in [-0.2, 0) is 12.4 Å². The SMILES string of the molecule is CC(C)CC(C)c1cc(-c2ccccc2)cc(N2CCN(c3cccc(C(F)(F)F)c3)CC2)c1C(F)(F)F. The van der Waals surface area contributed by atoms with Crippen molar-refractivity contribution in [2.45, 2.75) is 45.5 Å². The highest BCUT2D eigenvalue weighted by Crippen LogP contribution is 2.45. The van der Waals surface area contributed by atoms with Gasteiger partial charge in [-0.1, -0.05) is 63.2 Å². The van der Waals surface area contributed by atoms with E-state index in [0.29, 0.717) is 25.2 Å². The lowest BCUT2D eigenvalue weighted by Crippen LogP contribution is -2.47. The van der Waals surface area contributed by atoms with Crippen molar-refractivity contribution in [3.63, 3.8) is 0 Å². The van der Waals surface area contributed by atoms with Crippen molar-refractivity contribution in [3.8, 4) is 11.1 Å². The summed E-state index contributed by atoms with van der Waals surface area (Å²) in [6.45, 7) is 6.98. The minimum absolute atomic E-state index is 0.133. The van der Waals surface area contributed by atoms with Gasteiger partial charge in [-0.15, -0.1) is 0 Å². The average Bonchev–Trinajstić information content (AvgIpc) is 2.87. The summed E-state index contributed by atoms with van der Waals surface area (Å²) in [5.41, 5.74) is 1.03. The highest BCUT2D eigenvalue weighted by molar-refractivity contribution is 5.74. The van der Waals surface area contributed by atoms with Gasteiger partial charge in [0, 0.05) is 37.6 Å². The molecule has 3 aromatic rings. The number of halogens is 6. The third-order valence-corrected chi connectivity index (χ3v) is 7.05. The van der Waals surface area contributed by atoms with E-state index in [1.807, 2.05) is 51.1 Å². The van der Waals surface area contributed by atoms with Gasteiger partial charge in [0.2, 0.25) is 0 Å². The van der Waals surface area contributed by atoms with E-state index in [0.717, 1.165) is 23.3 Å². The molecule has 1 fully saturated rings. The highest BCUT2D eigenvalue weighted by atomic mass is 19.4. The summed E-state index contributed by atoms with van der Waals surface area (Å²) in [5, 5.41) is 0. The maximum Gasteiger partial charge on any atom is 0.418 e. The first kappa shape index (κ1) is 27.9. The third-order valence-electron chi connectivity index (χ3n) is 7.05. The Morgan fingerprint density at radius 2 is 1.32 bits per heavy atom. The van der Waals surface area contributed by atoms with Crippen LogP contribution in [0.25, 0.3) is 11.1 Å². The monoisotopic (exact) mass is 534 g/mol. The molecule has 0 bridgehead atoms. The van der Waals surface area contributed by atoms with Crippen molar-refractivity contribution in [1.82, 2.24) is 0 Å². The van der Waals surface area contributed by atoms with Gasteiger partial charge in [0.25, 0.3) is 0 Å². The summed E-state index contributed by atoms with van der Waals surface area (Å²) in [6, 6.07) is 17.7. The Labute approximate surface area is 219 Å². The average molecular weight is 535 g/mol. The zero-order valence-corrected chi connectivity index (χ0v) is 21.7. The van der Waals surface area contributed by atoms with Crippen LogP contribution in [0.5, 0.6) is 0 Å². The van der Waals surface area contributed by atoms with Crippen molar-refractivity contribution in [2.24, 2.45) is 5.92 Å². The molecule has 3 aromatic carbocycles. The number of nitrogens with zero attached hydrogens (tertiary/aromatic N) is 2. The first-order valence-corrected chi connectivity index (χ1v) is 12.8. The first-order chi connectivity index (χ1) is 17.8. The van der Waals surface area contributed by atoms with Crippen molar-refractivity contribution in [2.75, 3.05) is 36.0 Å². The number of benzene rings is 3. The molecule has 2 nitrogen and oxygen atoms in total. The zero-order chi connectivity index (χ0) is 27.7. The summed E-state index contributed by atoms with van der Waals surface area (Å²) in [5.74, 6) is -0.0774. The third kappa shape index (κ3) is 6.27. The molecule has 1 aliphatic rings. The maximum atomic E-state index is 14.6. The van der Waals surface area contributed by atoms with Gasteiger partial charge in [-0.2, -0.15) is 26.3 Å². The van der Waals surface area contributed by atoms with Gasteiger partial charge in [0.1, 0.15) is 0 Å². The van der Waals surface area contributed by atoms with Crippen molar-refractivity contribution < 1.29 is 26.3 Å². The van der Waals surface area contributed by atoms with E-state index in [2.05, 4.69) is 0 Å². The number of hydrogen-bond donors (Lipinski definition) is 0. The van der Waals surface area contributed by atoms with Crippen LogP contribution in [0.3, 0.4) is 0 Å². The van der Waals surface area contributed by atoms with E-state index in [-0.39, 0.29) is 36.2 Å². The van der Waals surface area contributed by atoms with Gasteiger partial charge >= 0.3 is 12.4 Å². The number of piperazine rings is 1. The van der Waals surface area contributed by atoms with Gasteiger partial charge in [-0.3, -0.25) is 0 Å². The fourth-order valence-electron chi connectivity index (χ4n) is 5.31. The molecule has 0 amide bonds. The predicted octanol–water partition coefficient (Wildman–Crippen LogP) is 8.87. The number of alkyl halides is 6. The Bertz CT molecular complexity index is 1230. The largest absolute Gasteiger partial charge is 0.418 e. The van der Waals surface area contributed by atoms with Crippen molar-refractivity contribution >= 4 is 11.4 Å². The standard InChI is InChI=1S/C30H32F6N2/c1-20(2)16-21(3)26-17-23(22-8-5-4-6-9-22)18-27(28(26)30(34,35)36)38-14-12-37(13-15-38)25-11-7-10-24(19-25)29(31,32)33/h4-11,17-21H,12-16H2,1-3H3. The molecule has 1 saturated heterocycles. The molecule has 0 spiro atoms. The number of anilines is 2. The summed E-state index contributed by atoms with van der Waals surface area (Å²) in [7, 11) is 0. The lowest BCUT2D eigenvalue weighted by atomic mass is 9.85. The topological polar surface area (TPSA) is 6.48 Å². The Kier molecular flexibility index (Phi) is 8.00. The molecule has 0 saturated carbocycles. The van der Waals surface area contributed by atoms with Crippen LogP contribution in [0.15, 0.2) is 66.7 Å². The van der Waals surface area contributed by atoms with E-state index in [9.17, 15) is 26.3 Å². The summed E-state index contributed by atoms with van der Waals surface area (Å²) in [4.78, 5) is 3.52. The zero-order valence-electron chi connectivity index (χ0n) is 21.7. The van der Waals surface area contributed by atoms with Crippen LogP contribution < -0.4 is 9.80 Å². The Hall–Kier alpha value is -3.16. The molecule has 204 valence electrons. The van der Waals surface area contributed by atoms with Crippen LogP contribution in [0.4, 0.5) is 37.7 Å². The number of rotatable bonds is 6. The second-order valence-corrected chi connectivity index (χ2v) is 10.4. The fourth-order valence-corrected chi connectivity index (χ4v) is 5.31. The molecule has 1 aliphatic heterocycles. The normalized spacial score (nSPS) is 15.7. The lowest BCUT2D eigenvalue weighted by Gasteiger charge is -2.39. The van der Waals surface area contributed by atoms with E-state index in [1.165, 1.54) is 6.07 Å². The molecule has 0 N–H and O–H groups in total. The number of hydrogen-bond acceptors (Lipinski definition) is 2. The molecule has 1 atom stereocenters. The molecule has 1 heterocycles. The first-order valence-electron chi connectivity index (χ1n) is 12.8. The molecular weight excluding hydrogens is 502 g/mol. The van der Waals surface area contributed by atoms with Gasteiger partial charge in [0.15, 0.2) is 0 Å². The molecule has 8 heteroatoms. The van der Waals surface area contributed by atoms with Gasteiger partial charge < -0.3 is 9.80 Å². The molecular formula is C30H32F6N2. The van der Waals surface area contributed by atoms with Crippen molar-refractivity contribution in [1.29, 1.82) is 0 Å². The highest BCUT2D eigenvalue weighted by Gasteiger charge is 2.40. The van der Waals surface area contributed by atoms with Crippen LogP contribution >= 0.6 is 0 Å². The second kappa shape index (κ2) is 10.9. The lowest BCUT2D eigenvalue weighted by molar-refractivity contribution is -0.138. The van der Waals surface area contributed by atoms with Crippen LogP contribution in [-0.4, -0.2) is 26.2 Å². The summed E-state index contributed by atoms with van der Waals surface area (Å²) in [6.07, 6.45) is -8.40. The van der Waals surface area contributed by atoms with Crippen LogP contribution in [0, 0.1) is 5.92 Å². The van der Waals surface area contributed by atoms with Crippen LogP contribution in [0.2, 0.25) is 0 Å². The van der Waals surface area contributed by atoms with Gasteiger partial charge in [-0.05, 0) is 59.2 Å². The molecule has 1 unspecified atom stereocenters. The van der Waals surface area contributed by atoms with Gasteiger partial charge in [0.05, 0.1) is 11.1 Å². The van der Waals surface area contributed by atoms with Gasteiger partial charge in [-0.25, -0.2) is 0 Å². The molecule has 0 radical (unpaired) electrons. The second-order valence-electron chi connectivity index (χ2n) is 10.4. The van der Waals surface area contributed by atoms with Crippen molar-refractivity contribution in [3.05, 3.63) is 83.4 Å². The summed E-state index contributed by atoms with van der Waals surface area (Å²) >= 11 is 0. The minimum atomic E-state index is -4.55. The van der Waals surface area contributed by atoms with E-state index in [4.69, 9.17) is 0 Å². The molecule has 0 aromatic heterocycles. The Morgan fingerprint density at radius 1 is 0.684 bits per heavy atom. The van der Waals surface area contributed by atoms with E-state index < -0.39 is 23.5 Å². The molecule has 4 rings (SSSR count). The molecule has 38 heavy (non-hydrogen) atoms. The van der Waals surface area contributed by atoms with E-state index >= 15 is 0 Å². The Balaban J connectivity index is 1.72. The predicted molar refractivity (Wildman–Crippen MR) is 141 cm³/mol. The smallest absolute Gasteiger partial charge is 0.368 e. The summed E-state index contributed by atoms with van der Waals surface area (Å²) < 4.78 is 83.6.